The highest BCUT2D eigenvalue weighted by molar-refractivity contribution is 5.10. The Bertz CT molecular complexity index is 680. The third-order valence-corrected chi connectivity index (χ3v) is 11.5. The van der Waals surface area contributed by atoms with E-state index in [9.17, 15) is 23.4 Å². The molecule has 0 aromatic carbocycles. The highest BCUT2D eigenvalue weighted by atomic mass is 19.4. The molecular formula is C27H45F3O2. The summed E-state index contributed by atoms with van der Waals surface area (Å²) in [6, 6.07) is 0. The first-order chi connectivity index (χ1) is 14.8. The Hall–Kier alpha value is -0.290. The molecule has 5 heteroatoms. The molecule has 0 aliphatic heterocycles. The fourth-order valence-electron chi connectivity index (χ4n) is 9.40. The van der Waals surface area contributed by atoms with Crippen LogP contribution in [0.1, 0.15) is 105 Å². The lowest BCUT2D eigenvalue weighted by Crippen LogP contribution is -2.56. The molecular weight excluding hydrogens is 413 g/mol. The third kappa shape index (κ3) is 4.06. The summed E-state index contributed by atoms with van der Waals surface area (Å²) < 4.78 is 38.3. The second kappa shape index (κ2) is 8.43. The van der Waals surface area contributed by atoms with Crippen molar-refractivity contribution in [1.29, 1.82) is 0 Å². The lowest BCUT2D eigenvalue weighted by atomic mass is 9.43. The monoisotopic (exact) mass is 458 g/mol. The van der Waals surface area contributed by atoms with E-state index in [1.807, 2.05) is 0 Å². The van der Waals surface area contributed by atoms with E-state index in [0.717, 1.165) is 43.9 Å². The average Bonchev–Trinajstić information content (AvgIpc) is 3.09. The molecule has 32 heavy (non-hydrogen) atoms. The fourth-order valence-corrected chi connectivity index (χ4v) is 9.40. The van der Waals surface area contributed by atoms with Gasteiger partial charge in [-0.05, 0) is 123 Å². The smallest absolute Gasteiger partial charge is 0.390 e. The minimum Gasteiger partial charge on any atom is -0.390 e. The Morgan fingerprint density at radius 2 is 1.59 bits per heavy atom. The Kier molecular flexibility index (Phi) is 6.54. The average molecular weight is 459 g/mol. The van der Waals surface area contributed by atoms with E-state index in [2.05, 4.69) is 27.7 Å². The van der Waals surface area contributed by atoms with Crippen molar-refractivity contribution in [3.8, 4) is 0 Å². The summed E-state index contributed by atoms with van der Waals surface area (Å²) in [7, 11) is 0. The molecule has 2 nitrogen and oxygen atoms in total. The molecule has 0 saturated heterocycles. The highest BCUT2D eigenvalue weighted by Gasteiger charge is 2.61. The molecule has 0 bridgehead atoms. The summed E-state index contributed by atoms with van der Waals surface area (Å²) in [5.41, 5.74) is 0.104. The Balaban J connectivity index is 1.45. The number of hydrogen-bond donors (Lipinski definition) is 2. The maximum atomic E-state index is 12.8. The van der Waals surface area contributed by atoms with Gasteiger partial charge in [-0.2, -0.15) is 13.2 Å². The van der Waals surface area contributed by atoms with Crippen LogP contribution in [0.25, 0.3) is 0 Å². The second-order valence-corrected chi connectivity index (χ2v) is 12.8. The van der Waals surface area contributed by atoms with E-state index in [1.165, 1.54) is 32.1 Å². The van der Waals surface area contributed by atoms with Gasteiger partial charge in [0, 0.05) is 0 Å². The summed E-state index contributed by atoms with van der Waals surface area (Å²) in [4.78, 5) is 0. The molecule has 4 rings (SSSR count). The van der Waals surface area contributed by atoms with Crippen molar-refractivity contribution in [1.82, 2.24) is 0 Å². The largest absolute Gasteiger partial charge is 0.414 e. The maximum Gasteiger partial charge on any atom is 0.414 e. The summed E-state index contributed by atoms with van der Waals surface area (Å²) in [6.45, 7) is 9.19. The van der Waals surface area contributed by atoms with Gasteiger partial charge in [-0.3, -0.25) is 0 Å². The molecule has 4 aliphatic rings. The maximum absolute atomic E-state index is 12.8. The van der Waals surface area contributed by atoms with E-state index in [0.29, 0.717) is 29.6 Å². The number of alkyl halides is 3. The first-order valence-electron chi connectivity index (χ1n) is 13.3. The number of rotatable bonds is 5. The van der Waals surface area contributed by atoms with Crippen LogP contribution in [-0.2, 0) is 0 Å². The highest BCUT2D eigenvalue weighted by Crippen LogP contribution is 2.69. The molecule has 0 spiro atoms. The zero-order valence-corrected chi connectivity index (χ0v) is 20.6. The SMILES string of the molecule is CC[C@]1(O)CC[C@@]2(C)[C@@H](CCC3[C@@H]2CC[C@]2(C)[C@@H]([C@H](C)CCC(O)C(F)(F)F)CC[C@@H]32)C1. The first-order valence-corrected chi connectivity index (χ1v) is 13.3. The Morgan fingerprint density at radius 1 is 0.906 bits per heavy atom. The normalized spacial score (nSPS) is 48.5. The summed E-state index contributed by atoms with van der Waals surface area (Å²) >= 11 is 0. The first kappa shape index (κ1) is 24.8. The minimum atomic E-state index is -4.50. The van der Waals surface area contributed by atoms with Crippen molar-refractivity contribution < 1.29 is 23.4 Å². The number of aliphatic hydroxyl groups is 2. The van der Waals surface area contributed by atoms with Crippen molar-refractivity contribution in [2.24, 2.45) is 46.3 Å². The molecule has 2 unspecified atom stereocenters. The topological polar surface area (TPSA) is 40.5 Å². The van der Waals surface area contributed by atoms with Crippen molar-refractivity contribution in [3.63, 3.8) is 0 Å². The van der Waals surface area contributed by atoms with Gasteiger partial charge < -0.3 is 10.2 Å². The fraction of sp³-hybridized carbons (Fsp3) is 1.00. The third-order valence-electron chi connectivity index (χ3n) is 11.5. The molecule has 186 valence electrons. The standard InChI is InChI=1S/C27H45F3O2/c1-5-26(32)15-14-24(3)18(16-26)7-8-19-21-10-9-20(25(21,4)13-12-22(19)24)17(2)6-11-23(31)27(28,29)30/h17-23,31-32H,5-16H2,1-4H3/t17-,18+,19?,20-,21+,22+,23?,24+,25-,26+/m1/s1. The molecule has 0 aromatic heterocycles. The zero-order chi connectivity index (χ0) is 23.5. The minimum absolute atomic E-state index is 0.173. The lowest BCUT2D eigenvalue weighted by molar-refractivity contribution is -0.206. The number of hydrogen-bond acceptors (Lipinski definition) is 2. The molecule has 2 N–H and O–H groups in total. The summed E-state index contributed by atoms with van der Waals surface area (Å²) in [5.74, 6) is 3.48. The van der Waals surface area contributed by atoms with E-state index in [-0.39, 0.29) is 17.8 Å². The van der Waals surface area contributed by atoms with Crippen LogP contribution in [-0.4, -0.2) is 28.1 Å². The van der Waals surface area contributed by atoms with Gasteiger partial charge in [-0.15, -0.1) is 0 Å². The van der Waals surface area contributed by atoms with Crippen LogP contribution in [0, 0.1) is 46.3 Å². The molecule has 10 atom stereocenters. The molecule has 0 radical (unpaired) electrons. The van der Waals surface area contributed by atoms with E-state index in [1.54, 1.807) is 0 Å². The van der Waals surface area contributed by atoms with Gasteiger partial charge in [-0.1, -0.05) is 27.7 Å². The van der Waals surface area contributed by atoms with Crippen LogP contribution in [0.2, 0.25) is 0 Å². The van der Waals surface area contributed by atoms with Gasteiger partial charge in [0.25, 0.3) is 0 Å². The molecule has 4 aliphatic carbocycles. The molecule has 4 fully saturated rings. The van der Waals surface area contributed by atoms with Gasteiger partial charge in [-0.25, -0.2) is 0 Å². The number of aliphatic hydroxyl groups excluding tert-OH is 1. The van der Waals surface area contributed by atoms with Gasteiger partial charge in [0.2, 0.25) is 0 Å². The van der Waals surface area contributed by atoms with Crippen LogP contribution < -0.4 is 0 Å². The van der Waals surface area contributed by atoms with Crippen LogP contribution >= 0.6 is 0 Å². The molecule has 0 aromatic rings. The van der Waals surface area contributed by atoms with Gasteiger partial charge in [0.05, 0.1) is 5.60 Å². The summed E-state index contributed by atoms with van der Waals surface area (Å²) in [6.07, 6.45) is 4.76. The molecule has 0 heterocycles. The predicted molar refractivity (Wildman–Crippen MR) is 121 cm³/mol. The van der Waals surface area contributed by atoms with Gasteiger partial charge in [0.1, 0.15) is 6.10 Å². The van der Waals surface area contributed by atoms with Crippen LogP contribution in [0.5, 0.6) is 0 Å². The molecule has 4 saturated carbocycles. The number of fused-ring (bicyclic) bond motifs is 5. The zero-order valence-electron chi connectivity index (χ0n) is 20.6. The predicted octanol–water partition coefficient (Wildman–Crippen LogP) is 7.13. The van der Waals surface area contributed by atoms with Gasteiger partial charge >= 0.3 is 6.18 Å². The number of halogens is 3. The van der Waals surface area contributed by atoms with Crippen LogP contribution in [0.4, 0.5) is 13.2 Å². The van der Waals surface area contributed by atoms with Crippen molar-refractivity contribution in [3.05, 3.63) is 0 Å². The van der Waals surface area contributed by atoms with E-state index in [4.69, 9.17) is 0 Å². The second-order valence-electron chi connectivity index (χ2n) is 12.8. The van der Waals surface area contributed by atoms with Crippen molar-refractivity contribution in [2.75, 3.05) is 0 Å². The molecule has 0 amide bonds. The lowest BCUT2D eigenvalue weighted by Gasteiger charge is -2.62. The Morgan fingerprint density at radius 3 is 2.25 bits per heavy atom. The van der Waals surface area contributed by atoms with Crippen molar-refractivity contribution in [2.45, 2.75) is 123 Å². The van der Waals surface area contributed by atoms with Gasteiger partial charge in [0.15, 0.2) is 0 Å². The summed E-state index contributed by atoms with van der Waals surface area (Å²) in [5, 5.41) is 20.4. The quantitative estimate of drug-likeness (QED) is 0.460. The van der Waals surface area contributed by atoms with Crippen LogP contribution in [0.3, 0.4) is 0 Å². The van der Waals surface area contributed by atoms with Crippen LogP contribution in [0.15, 0.2) is 0 Å². The van der Waals surface area contributed by atoms with Crippen molar-refractivity contribution >= 4 is 0 Å². The van der Waals surface area contributed by atoms with E-state index >= 15 is 0 Å². The van der Waals surface area contributed by atoms with E-state index < -0.39 is 17.9 Å². The Labute approximate surface area is 192 Å².